The van der Waals surface area contributed by atoms with E-state index < -0.39 is 16.6 Å². The molecule has 1 unspecified atom stereocenters. The van der Waals surface area contributed by atoms with Crippen molar-refractivity contribution in [2.75, 3.05) is 5.32 Å². The summed E-state index contributed by atoms with van der Waals surface area (Å²) in [5, 5.41) is 23.3. The molecular weight excluding hydrogens is 222 g/mol. The molecule has 1 rings (SSSR count). The summed E-state index contributed by atoms with van der Waals surface area (Å²) >= 11 is 0. The van der Waals surface area contributed by atoms with Crippen LogP contribution in [0.15, 0.2) is 12.1 Å². The van der Waals surface area contributed by atoms with E-state index in [9.17, 15) is 15.2 Å². The fraction of sp³-hybridized carbons (Fsp3) is 0.545. The molecule has 2 N–H and O–H groups in total. The first-order chi connectivity index (χ1) is 7.74. The second-order valence-corrected chi connectivity index (χ2v) is 4.60. The van der Waals surface area contributed by atoms with E-state index in [1.54, 1.807) is 33.8 Å². The molecule has 6 heteroatoms. The van der Waals surface area contributed by atoms with Crippen molar-refractivity contribution in [1.29, 1.82) is 0 Å². The van der Waals surface area contributed by atoms with Crippen LogP contribution in [0.3, 0.4) is 0 Å². The predicted molar refractivity (Wildman–Crippen MR) is 65.0 cm³/mol. The quantitative estimate of drug-likeness (QED) is 0.618. The zero-order valence-corrected chi connectivity index (χ0v) is 10.4. The second-order valence-electron chi connectivity index (χ2n) is 4.60. The van der Waals surface area contributed by atoms with Gasteiger partial charge in [-0.25, -0.2) is 4.98 Å². The molecule has 0 aliphatic rings. The van der Waals surface area contributed by atoms with Crippen molar-refractivity contribution < 1.29 is 10.0 Å². The number of hydrogen-bond acceptors (Lipinski definition) is 5. The lowest BCUT2D eigenvalue weighted by Gasteiger charge is -2.29. The topological polar surface area (TPSA) is 88.3 Å². The lowest BCUT2D eigenvalue weighted by atomic mass is 9.99. The number of aromatic nitrogens is 1. The zero-order valence-electron chi connectivity index (χ0n) is 10.4. The van der Waals surface area contributed by atoms with Crippen molar-refractivity contribution in [2.45, 2.75) is 39.3 Å². The predicted octanol–water partition coefficient (Wildman–Crippen LogP) is 1.87. The number of nitrogens with zero attached hydrogens (tertiary/aromatic N) is 2. The Morgan fingerprint density at radius 1 is 1.53 bits per heavy atom. The number of rotatable bonds is 4. The first-order valence-corrected chi connectivity index (χ1v) is 5.32. The zero-order chi connectivity index (χ0) is 13.2. The van der Waals surface area contributed by atoms with Crippen LogP contribution >= 0.6 is 0 Å². The minimum Gasteiger partial charge on any atom is -0.391 e. The summed E-state index contributed by atoms with van der Waals surface area (Å²) in [7, 11) is 0. The number of anilines is 1. The Morgan fingerprint density at radius 3 is 2.59 bits per heavy atom. The van der Waals surface area contributed by atoms with Crippen LogP contribution in [0.4, 0.5) is 11.5 Å². The molecule has 0 bridgehead atoms. The van der Waals surface area contributed by atoms with Gasteiger partial charge in [0.25, 0.3) is 0 Å². The van der Waals surface area contributed by atoms with E-state index in [1.165, 1.54) is 6.07 Å². The van der Waals surface area contributed by atoms with Crippen molar-refractivity contribution in [1.82, 2.24) is 4.98 Å². The van der Waals surface area contributed by atoms with Crippen molar-refractivity contribution >= 4 is 11.5 Å². The van der Waals surface area contributed by atoms with Crippen LogP contribution in [0, 0.1) is 17.0 Å². The summed E-state index contributed by atoms with van der Waals surface area (Å²) in [5.41, 5.74) is -0.102. The maximum atomic E-state index is 10.9. The summed E-state index contributed by atoms with van der Waals surface area (Å²) in [6, 6.07) is 2.99. The third-order valence-electron chi connectivity index (χ3n) is 2.69. The minimum atomic E-state index is -0.689. The Bertz CT molecular complexity index is 430. The van der Waals surface area contributed by atoms with Gasteiger partial charge in [-0.15, -0.1) is 0 Å². The lowest BCUT2D eigenvalue weighted by Crippen LogP contribution is -2.42. The van der Waals surface area contributed by atoms with Crippen molar-refractivity contribution in [2.24, 2.45) is 0 Å². The second kappa shape index (κ2) is 4.67. The van der Waals surface area contributed by atoms with Crippen LogP contribution in [0.1, 0.15) is 26.5 Å². The molecule has 17 heavy (non-hydrogen) atoms. The van der Waals surface area contributed by atoms with Gasteiger partial charge in [0.1, 0.15) is 0 Å². The van der Waals surface area contributed by atoms with Gasteiger partial charge in [-0.3, -0.25) is 10.1 Å². The highest BCUT2D eigenvalue weighted by Crippen LogP contribution is 2.26. The van der Waals surface area contributed by atoms with Crippen LogP contribution in [0.25, 0.3) is 0 Å². The third kappa shape index (κ3) is 3.13. The number of nitro groups is 1. The van der Waals surface area contributed by atoms with E-state index in [0.717, 1.165) is 0 Å². The molecule has 1 heterocycles. The van der Waals surface area contributed by atoms with Crippen LogP contribution in [0.5, 0.6) is 0 Å². The van der Waals surface area contributed by atoms with Crippen molar-refractivity contribution in [3.05, 3.63) is 27.9 Å². The van der Waals surface area contributed by atoms with Crippen LogP contribution in [0.2, 0.25) is 0 Å². The van der Waals surface area contributed by atoms with Crippen molar-refractivity contribution in [3.63, 3.8) is 0 Å². The fourth-order valence-electron chi connectivity index (χ4n) is 1.20. The van der Waals surface area contributed by atoms with Gasteiger partial charge < -0.3 is 10.4 Å². The van der Waals surface area contributed by atoms with Gasteiger partial charge in [0.15, 0.2) is 0 Å². The number of aliphatic hydroxyl groups excluding tert-OH is 1. The highest BCUT2D eigenvalue weighted by atomic mass is 16.6. The summed E-state index contributed by atoms with van der Waals surface area (Å²) < 4.78 is 0. The highest BCUT2D eigenvalue weighted by Gasteiger charge is 2.27. The van der Waals surface area contributed by atoms with Gasteiger partial charge in [0.05, 0.1) is 16.6 Å². The number of pyridine rings is 1. The maximum absolute atomic E-state index is 10.9. The summed E-state index contributed by atoms with van der Waals surface area (Å²) in [6.07, 6.45) is -0.663. The van der Waals surface area contributed by atoms with Gasteiger partial charge in [0, 0.05) is 11.8 Å². The first-order valence-electron chi connectivity index (χ1n) is 5.32. The third-order valence-corrected chi connectivity index (χ3v) is 2.69. The lowest BCUT2D eigenvalue weighted by molar-refractivity contribution is -0.384. The summed E-state index contributed by atoms with van der Waals surface area (Å²) in [4.78, 5) is 14.5. The molecule has 0 saturated carbocycles. The maximum Gasteiger partial charge on any atom is 0.311 e. The molecule has 1 aromatic rings. The average molecular weight is 239 g/mol. The number of nitrogens with one attached hydrogen (secondary N) is 1. The molecule has 6 nitrogen and oxygen atoms in total. The van der Waals surface area contributed by atoms with Crippen molar-refractivity contribution in [3.8, 4) is 0 Å². The Labute approximate surface area is 99.8 Å². The SMILES string of the molecule is Cc1ccc([N+](=O)[O-])c(NC(C)(C)C(C)O)n1. The van der Waals surface area contributed by atoms with Gasteiger partial charge >= 0.3 is 5.69 Å². The van der Waals surface area contributed by atoms with E-state index in [1.807, 2.05) is 0 Å². The molecule has 0 spiro atoms. The molecule has 0 aliphatic carbocycles. The van der Waals surface area contributed by atoms with E-state index in [-0.39, 0.29) is 11.5 Å². The molecule has 0 aliphatic heterocycles. The van der Waals surface area contributed by atoms with Gasteiger partial charge in [-0.05, 0) is 33.8 Å². The normalized spacial score (nSPS) is 13.2. The Hall–Kier alpha value is -1.69. The van der Waals surface area contributed by atoms with E-state index >= 15 is 0 Å². The number of hydrogen-bond donors (Lipinski definition) is 2. The molecule has 0 fully saturated rings. The fourth-order valence-corrected chi connectivity index (χ4v) is 1.20. The molecule has 0 aromatic carbocycles. The number of aryl methyl sites for hydroxylation is 1. The van der Waals surface area contributed by atoms with Gasteiger partial charge in [0.2, 0.25) is 5.82 Å². The van der Waals surface area contributed by atoms with E-state index in [2.05, 4.69) is 10.3 Å². The largest absolute Gasteiger partial charge is 0.391 e. The van der Waals surface area contributed by atoms with Crippen LogP contribution < -0.4 is 5.32 Å². The molecule has 94 valence electrons. The Morgan fingerprint density at radius 2 is 2.12 bits per heavy atom. The monoisotopic (exact) mass is 239 g/mol. The van der Waals surface area contributed by atoms with Crippen LogP contribution in [-0.4, -0.2) is 26.7 Å². The summed E-state index contributed by atoms with van der Waals surface area (Å²) in [6.45, 7) is 6.88. The first kappa shape index (κ1) is 13.4. The smallest absolute Gasteiger partial charge is 0.311 e. The molecular formula is C11H17N3O3. The summed E-state index contributed by atoms with van der Waals surface area (Å²) in [5.74, 6) is 0.181. The average Bonchev–Trinajstić information content (AvgIpc) is 2.15. The van der Waals surface area contributed by atoms with Crippen LogP contribution in [-0.2, 0) is 0 Å². The van der Waals surface area contributed by atoms with Gasteiger partial charge in [-0.2, -0.15) is 0 Å². The molecule has 0 amide bonds. The minimum absolute atomic E-state index is 0.0932. The Kier molecular flexibility index (Phi) is 3.67. The molecule has 1 aromatic heterocycles. The molecule has 1 atom stereocenters. The standard InChI is InChI=1S/C11H17N3O3/c1-7-5-6-9(14(16)17)10(12-7)13-11(3,4)8(2)15/h5-6,8,15H,1-4H3,(H,12,13). The molecule has 0 radical (unpaired) electrons. The highest BCUT2D eigenvalue weighted by molar-refractivity contribution is 5.57. The van der Waals surface area contributed by atoms with E-state index in [4.69, 9.17) is 0 Å². The Balaban J connectivity index is 3.13. The van der Waals surface area contributed by atoms with E-state index in [0.29, 0.717) is 5.69 Å². The van der Waals surface area contributed by atoms with Gasteiger partial charge in [-0.1, -0.05) is 0 Å². The number of aliphatic hydroxyl groups is 1. The molecule has 0 saturated heterocycles.